The predicted molar refractivity (Wildman–Crippen MR) is 94.9 cm³/mol. The van der Waals surface area contributed by atoms with Gasteiger partial charge in [0.05, 0.1) is 6.61 Å². The lowest BCUT2D eigenvalue weighted by Gasteiger charge is -2.12. The first-order valence-electron chi connectivity index (χ1n) is 7.94. The van der Waals surface area contributed by atoms with E-state index in [2.05, 4.69) is 21.2 Å². The van der Waals surface area contributed by atoms with Crippen molar-refractivity contribution >= 4 is 28.6 Å². The highest BCUT2D eigenvalue weighted by Crippen LogP contribution is 2.31. The molecule has 0 aliphatic carbocycles. The van der Waals surface area contributed by atoms with Crippen LogP contribution in [0.3, 0.4) is 0 Å². The number of esters is 1. The summed E-state index contributed by atoms with van der Waals surface area (Å²) in [4.78, 5) is 15.2. The number of thioether (sulfide) groups is 1. The quantitative estimate of drug-likeness (QED) is 0.548. The molecule has 2 heterocycles. The summed E-state index contributed by atoms with van der Waals surface area (Å²) in [6.45, 7) is 4.16. The Labute approximate surface area is 144 Å². The zero-order valence-electron chi connectivity index (χ0n) is 13.9. The van der Waals surface area contributed by atoms with Crippen LogP contribution in [0.15, 0.2) is 35.6 Å². The molecular weight excluding hydrogens is 324 g/mol. The van der Waals surface area contributed by atoms with Crippen molar-refractivity contribution in [3.63, 3.8) is 0 Å². The topological polar surface area (TPSA) is 72.8 Å². The maximum Gasteiger partial charge on any atom is 0.319 e. The lowest BCUT2D eigenvalue weighted by Crippen LogP contribution is -2.20. The lowest BCUT2D eigenvalue weighted by atomic mass is 10.1. The van der Waals surface area contributed by atoms with E-state index in [-0.39, 0.29) is 11.2 Å². The van der Waals surface area contributed by atoms with Gasteiger partial charge in [0.1, 0.15) is 5.25 Å². The van der Waals surface area contributed by atoms with Gasteiger partial charge in [-0.05, 0) is 19.4 Å². The highest BCUT2D eigenvalue weighted by molar-refractivity contribution is 8.00. The standard InChI is InChI=1S/C17H20N4O2S/c1-4-14(16(22)23-5-2)24-17-20-19-15(21(17)3)12-10-18-13-9-7-6-8-11(12)13/h6-10,14,18H,4-5H2,1-3H3. The molecule has 1 unspecified atom stereocenters. The van der Waals surface area contributed by atoms with Crippen molar-refractivity contribution < 1.29 is 9.53 Å². The number of hydrogen-bond donors (Lipinski definition) is 1. The second-order valence-electron chi connectivity index (χ2n) is 5.38. The summed E-state index contributed by atoms with van der Waals surface area (Å²) in [6.07, 6.45) is 2.62. The Morgan fingerprint density at radius 1 is 1.33 bits per heavy atom. The molecule has 0 aliphatic rings. The fourth-order valence-corrected chi connectivity index (χ4v) is 3.49. The molecule has 1 atom stereocenters. The summed E-state index contributed by atoms with van der Waals surface area (Å²) >= 11 is 1.39. The van der Waals surface area contributed by atoms with E-state index in [9.17, 15) is 4.79 Å². The molecule has 0 amide bonds. The van der Waals surface area contributed by atoms with Gasteiger partial charge in [-0.1, -0.05) is 36.9 Å². The summed E-state index contributed by atoms with van der Waals surface area (Å²) in [5.74, 6) is 0.565. The highest BCUT2D eigenvalue weighted by Gasteiger charge is 2.23. The Bertz CT molecular complexity index is 855. The van der Waals surface area contributed by atoms with Gasteiger partial charge < -0.3 is 14.3 Å². The van der Waals surface area contributed by atoms with E-state index in [1.165, 1.54) is 11.8 Å². The largest absolute Gasteiger partial charge is 0.465 e. The molecule has 0 spiro atoms. The third kappa shape index (κ3) is 3.03. The van der Waals surface area contributed by atoms with Gasteiger partial charge in [-0.25, -0.2) is 0 Å². The van der Waals surface area contributed by atoms with E-state index in [0.717, 1.165) is 22.3 Å². The van der Waals surface area contributed by atoms with Gasteiger partial charge in [-0.15, -0.1) is 10.2 Å². The fourth-order valence-electron chi connectivity index (χ4n) is 2.57. The van der Waals surface area contributed by atoms with Crippen molar-refractivity contribution in [3.8, 4) is 11.4 Å². The first-order valence-corrected chi connectivity index (χ1v) is 8.82. The van der Waals surface area contributed by atoms with Crippen molar-refractivity contribution in [1.82, 2.24) is 19.7 Å². The number of rotatable bonds is 6. The lowest BCUT2D eigenvalue weighted by molar-refractivity contribution is -0.142. The summed E-state index contributed by atoms with van der Waals surface area (Å²) in [6, 6.07) is 8.07. The second-order valence-corrected chi connectivity index (χ2v) is 6.55. The number of nitrogens with one attached hydrogen (secondary N) is 1. The van der Waals surface area contributed by atoms with Crippen LogP contribution >= 0.6 is 11.8 Å². The third-order valence-electron chi connectivity index (χ3n) is 3.83. The van der Waals surface area contributed by atoms with Crippen LogP contribution in [0, 0.1) is 0 Å². The predicted octanol–water partition coefficient (Wildman–Crippen LogP) is 3.40. The summed E-state index contributed by atoms with van der Waals surface area (Å²) in [5, 5.41) is 10.1. The van der Waals surface area contributed by atoms with Gasteiger partial charge in [-0.2, -0.15) is 0 Å². The van der Waals surface area contributed by atoms with E-state index in [0.29, 0.717) is 18.2 Å². The molecule has 6 nitrogen and oxygen atoms in total. The van der Waals surface area contributed by atoms with Crippen LogP contribution < -0.4 is 0 Å². The zero-order chi connectivity index (χ0) is 17.1. The Hall–Kier alpha value is -2.28. The summed E-state index contributed by atoms with van der Waals surface area (Å²) in [5.41, 5.74) is 2.05. The summed E-state index contributed by atoms with van der Waals surface area (Å²) in [7, 11) is 1.91. The average Bonchev–Trinajstić information content (AvgIpc) is 3.16. The number of carbonyl (C=O) groups excluding carboxylic acids is 1. The molecule has 2 aromatic heterocycles. The number of fused-ring (bicyclic) bond motifs is 1. The summed E-state index contributed by atoms with van der Waals surface area (Å²) < 4.78 is 7.04. The first kappa shape index (κ1) is 16.6. The Balaban J connectivity index is 1.90. The Kier molecular flexibility index (Phi) is 4.89. The van der Waals surface area contributed by atoms with E-state index in [1.807, 2.05) is 49.9 Å². The first-order chi connectivity index (χ1) is 11.7. The maximum absolute atomic E-state index is 12.0. The molecule has 3 aromatic rings. The minimum absolute atomic E-state index is 0.207. The normalized spacial score (nSPS) is 12.5. The fraction of sp³-hybridized carbons (Fsp3) is 0.353. The van der Waals surface area contributed by atoms with Crippen LogP contribution in [0.4, 0.5) is 0 Å². The van der Waals surface area contributed by atoms with Gasteiger partial charge in [0, 0.05) is 29.7 Å². The molecular formula is C17H20N4O2S. The highest BCUT2D eigenvalue weighted by atomic mass is 32.2. The number of hydrogen-bond acceptors (Lipinski definition) is 5. The van der Waals surface area contributed by atoms with Crippen molar-refractivity contribution in [3.05, 3.63) is 30.5 Å². The number of aromatic nitrogens is 4. The van der Waals surface area contributed by atoms with Gasteiger partial charge in [-0.3, -0.25) is 4.79 Å². The molecule has 7 heteroatoms. The molecule has 1 N–H and O–H groups in total. The Morgan fingerprint density at radius 2 is 2.12 bits per heavy atom. The second kappa shape index (κ2) is 7.09. The Morgan fingerprint density at radius 3 is 2.88 bits per heavy atom. The number of benzene rings is 1. The van der Waals surface area contributed by atoms with E-state index < -0.39 is 0 Å². The van der Waals surface area contributed by atoms with E-state index in [4.69, 9.17) is 4.74 Å². The van der Waals surface area contributed by atoms with Crippen LogP contribution in [-0.2, 0) is 16.6 Å². The van der Waals surface area contributed by atoms with Crippen LogP contribution in [0.5, 0.6) is 0 Å². The molecule has 24 heavy (non-hydrogen) atoms. The molecule has 0 fully saturated rings. The molecule has 0 aliphatic heterocycles. The molecule has 1 aromatic carbocycles. The van der Waals surface area contributed by atoms with Crippen LogP contribution in [0.2, 0.25) is 0 Å². The monoisotopic (exact) mass is 344 g/mol. The minimum atomic E-state index is -0.274. The third-order valence-corrected chi connectivity index (χ3v) is 5.21. The van der Waals surface area contributed by atoms with Gasteiger partial charge in [0.2, 0.25) is 0 Å². The van der Waals surface area contributed by atoms with Crippen LogP contribution in [0.25, 0.3) is 22.3 Å². The number of nitrogens with zero attached hydrogens (tertiary/aromatic N) is 3. The van der Waals surface area contributed by atoms with Gasteiger partial charge in [0.15, 0.2) is 11.0 Å². The zero-order valence-corrected chi connectivity index (χ0v) is 14.8. The smallest absolute Gasteiger partial charge is 0.319 e. The SMILES string of the molecule is CCOC(=O)C(CC)Sc1nnc(-c2c[nH]c3ccccc23)n1C. The number of para-hydroxylation sites is 1. The molecule has 0 saturated carbocycles. The van der Waals surface area contributed by atoms with E-state index >= 15 is 0 Å². The van der Waals surface area contributed by atoms with E-state index in [1.54, 1.807) is 0 Å². The van der Waals surface area contributed by atoms with Gasteiger partial charge in [0.25, 0.3) is 0 Å². The minimum Gasteiger partial charge on any atom is -0.465 e. The molecule has 126 valence electrons. The van der Waals surface area contributed by atoms with Crippen molar-refractivity contribution in [2.45, 2.75) is 30.7 Å². The number of H-pyrrole nitrogens is 1. The molecule has 0 bridgehead atoms. The van der Waals surface area contributed by atoms with Crippen molar-refractivity contribution in [1.29, 1.82) is 0 Å². The van der Waals surface area contributed by atoms with Gasteiger partial charge >= 0.3 is 5.97 Å². The van der Waals surface area contributed by atoms with Crippen LogP contribution in [-0.4, -0.2) is 37.6 Å². The molecule has 0 saturated heterocycles. The van der Waals surface area contributed by atoms with Crippen molar-refractivity contribution in [2.24, 2.45) is 7.05 Å². The van der Waals surface area contributed by atoms with Crippen molar-refractivity contribution in [2.75, 3.05) is 6.61 Å². The van der Waals surface area contributed by atoms with Crippen LogP contribution in [0.1, 0.15) is 20.3 Å². The number of carbonyl (C=O) groups is 1. The average molecular weight is 344 g/mol. The number of ether oxygens (including phenoxy) is 1. The molecule has 3 rings (SSSR count). The molecule has 0 radical (unpaired) electrons. The number of aromatic amines is 1. The maximum atomic E-state index is 12.0.